The third-order valence-corrected chi connectivity index (χ3v) is 2.83. The molecule has 0 aliphatic heterocycles. The lowest BCUT2D eigenvalue weighted by Crippen LogP contribution is -2.04. The summed E-state index contributed by atoms with van der Waals surface area (Å²) < 4.78 is 11.0. The van der Waals surface area contributed by atoms with Gasteiger partial charge in [0.1, 0.15) is 11.5 Å². The molecular weight excluding hydrogens is 236 g/mol. The largest absolute Gasteiger partial charge is 0.494 e. The van der Waals surface area contributed by atoms with Crippen LogP contribution in [0.15, 0.2) is 24.3 Å². The summed E-state index contributed by atoms with van der Waals surface area (Å²) in [5.74, 6) is 3.13. The van der Waals surface area contributed by atoms with Crippen molar-refractivity contribution < 1.29 is 9.47 Å². The van der Waals surface area contributed by atoms with Gasteiger partial charge in [0.2, 0.25) is 0 Å². The maximum Gasteiger partial charge on any atom is 0.119 e. The van der Waals surface area contributed by atoms with Gasteiger partial charge in [0, 0.05) is 5.88 Å². The Balaban J connectivity index is 2.27. The average Bonchev–Trinajstić information content (AvgIpc) is 2.32. The van der Waals surface area contributed by atoms with Crippen molar-refractivity contribution in [2.75, 3.05) is 19.1 Å². The van der Waals surface area contributed by atoms with Crippen molar-refractivity contribution in [3.8, 4) is 11.5 Å². The summed E-state index contributed by atoms with van der Waals surface area (Å²) in [6.07, 6.45) is 2.09. The molecule has 0 amide bonds. The molecular formula is C14H21ClO2. The number of benzene rings is 1. The predicted molar refractivity (Wildman–Crippen MR) is 72.2 cm³/mol. The molecule has 0 N–H and O–H groups in total. The fraction of sp³-hybridized carbons (Fsp3) is 0.571. The molecule has 0 aliphatic carbocycles. The molecule has 0 spiro atoms. The number of hydrogen-bond acceptors (Lipinski definition) is 2. The van der Waals surface area contributed by atoms with Crippen molar-refractivity contribution in [2.45, 2.75) is 26.7 Å². The summed E-state index contributed by atoms with van der Waals surface area (Å²) >= 11 is 5.68. The Morgan fingerprint density at radius 2 is 1.65 bits per heavy atom. The number of rotatable bonds is 8. The Hall–Kier alpha value is -0.890. The van der Waals surface area contributed by atoms with Crippen LogP contribution in [0.4, 0.5) is 0 Å². The third-order valence-electron chi connectivity index (χ3n) is 2.62. The average molecular weight is 257 g/mol. The topological polar surface area (TPSA) is 18.5 Å². The molecule has 0 aliphatic rings. The van der Waals surface area contributed by atoms with E-state index in [-0.39, 0.29) is 0 Å². The van der Waals surface area contributed by atoms with E-state index in [9.17, 15) is 0 Å². The van der Waals surface area contributed by atoms with Gasteiger partial charge in [-0.15, -0.1) is 11.6 Å². The highest BCUT2D eigenvalue weighted by Gasteiger charge is 2.02. The molecule has 0 radical (unpaired) electrons. The minimum absolute atomic E-state index is 0.621. The Morgan fingerprint density at radius 1 is 1.06 bits per heavy atom. The summed E-state index contributed by atoms with van der Waals surface area (Å²) in [5.41, 5.74) is 0. The second-order valence-corrected chi connectivity index (χ2v) is 4.50. The standard InChI is InChI=1S/C14H21ClO2/c1-3-16-13-4-6-14(7-5-13)17-11-9-12(2)8-10-15/h4-7,12H,3,8-11H2,1-2H3. The zero-order valence-electron chi connectivity index (χ0n) is 10.6. The molecule has 0 bridgehead atoms. The van der Waals surface area contributed by atoms with Crippen LogP contribution in [0.1, 0.15) is 26.7 Å². The molecule has 1 atom stereocenters. The van der Waals surface area contributed by atoms with Crippen molar-refractivity contribution in [3.05, 3.63) is 24.3 Å². The first-order chi connectivity index (χ1) is 8.26. The van der Waals surface area contributed by atoms with Crippen LogP contribution in [-0.4, -0.2) is 19.1 Å². The van der Waals surface area contributed by atoms with Crippen LogP contribution in [0.25, 0.3) is 0 Å². The third kappa shape index (κ3) is 5.83. The maximum absolute atomic E-state index is 5.68. The van der Waals surface area contributed by atoms with Crippen LogP contribution in [0.2, 0.25) is 0 Å². The summed E-state index contributed by atoms with van der Waals surface area (Å²) in [7, 11) is 0. The first-order valence-electron chi connectivity index (χ1n) is 6.18. The molecule has 1 aromatic carbocycles. The minimum Gasteiger partial charge on any atom is -0.494 e. The Morgan fingerprint density at radius 3 is 2.18 bits per heavy atom. The number of halogens is 1. The monoisotopic (exact) mass is 256 g/mol. The van der Waals surface area contributed by atoms with Crippen molar-refractivity contribution in [1.82, 2.24) is 0 Å². The minimum atomic E-state index is 0.621. The molecule has 0 fully saturated rings. The number of ether oxygens (including phenoxy) is 2. The van der Waals surface area contributed by atoms with Crippen LogP contribution < -0.4 is 9.47 Å². The van der Waals surface area contributed by atoms with Crippen LogP contribution in [0.5, 0.6) is 11.5 Å². The van der Waals surface area contributed by atoms with Gasteiger partial charge < -0.3 is 9.47 Å². The van der Waals surface area contributed by atoms with E-state index in [2.05, 4.69) is 6.92 Å². The van der Waals surface area contributed by atoms with Crippen LogP contribution in [-0.2, 0) is 0 Å². The summed E-state index contributed by atoms with van der Waals surface area (Å²) in [5, 5.41) is 0. The van der Waals surface area contributed by atoms with E-state index < -0.39 is 0 Å². The molecule has 1 unspecified atom stereocenters. The number of alkyl halides is 1. The fourth-order valence-electron chi connectivity index (χ4n) is 1.51. The van der Waals surface area contributed by atoms with E-state index in [0.29, 0.717) is 12.5 Å². The fourth-order valence-corrected chi connectivity index (χ4v) is 1.88. The molecule has 17 heavy (non-hydrogen) atoms. The lowest BCUT2D eigenvalue weighted by Gasteiger charge is -2.11. The first kappa shape index (κ1) is 14.2. The highest BCUT2D eigenvalue weighted by molar-refractivity contribution is 6.17. The van der Waals surface area contributed by atoms with E-state index >= 15 is 0 Å². The summed E-state index contributed by atoms with van der Waals surface area (Å²) in [6.45, 7) is 5.61. The molecule has 3 heteroatoms. The second kappa shape index (κ2) is 8.24. The molecule has 96 valence electrons. The Bertz CT molecular complexity index is 298. The lowest BCUT2D eigenvalue weighted by molar-refractivity contribution is 0.281. The van der Waals surface area contributed by atoms with Gasteiger partial charge in [0.05, 0.1) is 13.2 Å². The van der Waals surface area contributed by atoms with E-state index in [1.807, 2.05) is 31.2 Å². The molecule has 1 aromatic rings. The van der Waals surface area contributed by atoms with Crippen LogP contribution in [0.3, 0.4) is 0 Å². The lowest BCUT2D eigenvalue weighted by atomic mass is 10.1. The van der Waals surface area contributed by atoms with Gasteiger partial charge in [-0.2, -0.15) is 0 Å². The van der Waals surface area contributed by atoms with Gasteiger partial charge in [-0.1, -0.05) is 6.92 Å². The van der Waals surface area contributed by atoms with Gasteiger partial charge in [-0.3, -0.25) is 0 Å². The van der Waals surface area contributed by atoms with E-state index in [1.54, 1.807) is 0 Å². The van der Waals surface area contributed by atoms with Gasteiger partial charge in [-0.25, -0.2) is 0 Å². The van der Waals surface area contributed by atoms with Crippen LogP contribution >= 0.6 is 11.6 Å². The van der Waals surface area contributed by atoms with Gasteiger partial charge >= 0.3 is 0 Å². The predicted octanol–water partition coefficient (Wildman–Crippen LogP) is 4.12. The summed E-state index contributed by atoms with van der Waals surface area (Å²) in [4.78, 5) is 0. The second-order valence-electron chi connectivity index (χ2n) is 4.12. The van der Waals surface area contributed by atoms with Crippen molar-refractivity contribution in [2.24, 2.45) is 5.92 Å². The molecule has 0 saturated carbocycles. The van der Waals surface area contributed by atoms with E-state index in [0.717, 1.165) is 36.8 Å². The van der Waals surface area contributed by atoms with E-state index in [1.165, 1.54) is 0 Å². The normalized spacial score (nSPS) is 12.2. The highest BCUT2D eigenvalue weighted by atomic mass is 35.5. The first-order valence-corrected chi connectivity index (χ1v) is 6.71. The van der Waals surface area contributed by atoms with Crippen molar-refractivity contribution in [1.29, 1.82) is 0 Å². The SMILES string of the molecule is CCOc1ccc(OCCC(C)CCCl)cc1. The Kier molecular flexibility index (Phi) is 6.87. The zero-order valence-corrected chi connectivity index (χ0v) is 11.4. The molecule has 1 rings (SSSR count). The molecule has 0 aromatic heterocycles. The molecule has 0 heterocycles. The maximum atomic E-state index is 5.68. The van der Waals surface area contributed by atoms with Crippen LogP contribution in [0, 0.1) is 5.92 Å². The summed E-state index contributed by atoms with van der Waals surface area (Å²) in [6, 6.07) is 7.75. The van der Waals surface area contributed by atoms with E-state index in [4.69, 9.17) is 21.1 Å². The van der Waals surface area contributed by atoms with Gasteiger partial charge in [0.25, 0.3) is 0 Å². The number of hydrogen-bond donors (Lipinski definition) is 0. The zero-order chi connectivity index (χ0) is 12.5. The van der Waals surface area contributed by atoms with Crippen molar-refractivity contribution in [3.63, 3.8) is 0 Å². The van der Waals surface area contributed by atoms with Gasteiger partial charge in [-0.05, 0) is 49.9 Å². The van der Waals surface area contributed by atoms with Crippen molar-refractivity contribution >= 4 is 11.6 Å². The molecule has 2 nitrogen and oxygen atoms in total. The highest BCUT2D eigenvalue weighted by Crippen LogP contribution is 2.18. The van der Waals surface area contributed by atoms with Gasteiger partial charge in [0.15, 0.2) is 0 Å². The molecule has 0 saturated heterocycles. The quantitative estimate of drug-likeness (QED) is 0.652. The smallest absolute Gasteiger partial charge is 0.119 e. The Labute approximate surface area is 109 Å².